The Labute approximate surface area is 155 Å². The molecule has 0 spiro atoms. The van der Waals surface area contributed by atoms with E-state index in [4.69, 9.17) is 16.0 Å². The van der Waals surface area contributed by atoms with Gasteiger partial charge < -0.3 is 9.32 Å². The zero-order valence-corrected chi connectivity index (χ0v) is 14.8. The molecule has 0 N–H and O–H groups in total. The van der Waals surface area contributed by atoms with E-state index in [1.54, 1.807) is 17.3 Å². The maximum absolute atomic E-state index is 12.7. The van der Waals surface area contributed by atoms with Crippen molar-refractivity contribution < 1.29 is 9.21 Å². The Balaban J connectivity index is 1.53. The fourth-order valence-corrected chi connectivity index (χ4v) is 3.41. The molecule has 132 valence electrons. The van der Waals surface area contributed by atoms with Gasteiger partial charge in [0.05, 0.1) is 12.4 Å². The predicted octanol–water partition coefficient (Wildman–Crippen LogP) is 3.69. The number of halogens is 1. The number of carbonyl (C=O) groups is 1. The van der Waals surface area contributed by atoms with Crippen LogP contribution < -0.4 is 0 Å². The number of benzene rings is 1. The standard InChI is InChI=1S/C19H17ClN4O2/c20-15-5-2-1-4-13(15)10-14-11-23-18(26-14)17-6-3-9-24(17)19(25)16-12-21-7-8-22-16/h1-2,4-5,7-8,11-12,17H,3,6,9-10H2. The maximum atomic E-state index is 12.7. The van der Waals surface area contributed by atoms with Gasteiger partial charge in [-0.2, -0.15) is 0 Å². The molecule has 0 saturated carbocycles. The molecule has 1 amide bonds. The summed E-state index contributed by atoms with van der Waals surface area (Å²) in [6.45, 7) is 0.655. The van der Waals surface area contributed by atoms with Crippen LogP contribution in [-0.2, 0) is 6.42 Å². The summed E-state index contributed by atoms with van der Waals surface area (Å²) in [4.78, 5) is 27.0. The molecule has 1 aliphatic heterocycles. The van der Waals surface area contributed by atoms with Crippen LogP contribution in [0.1, 0.15) is 46.6 Å². The Morgan fingerprint density at radius 3 is 2.92 bits per heavy atom. The second-order valence-corrected chi connectivity index (χ2v) is 6.59. The zero-order chi connectivity index (χ0) is 17.9. The van der Waals surface area contributed by atoms with Gasteiger partial charge in [0, 0.05) is 30.4 Å². The number of nitrogens with zero attached hydrogens (tertiary/aromatic N) is 4. The van der Waals surface area contributed by atoms with Gasteiger partial charge >= 0.3 is 0 Å². The van der Waals surface area contributed by atoms with Crippen molar-refractivity contribution in [1.82, 2.24) is 19.9 Å². The number of carbonyl (C=O) groups excluding carboxylic acids is 1. The van der Waals surface area contributed by atoms with Gasteiger partial charge in [0.15, 0.2) is 0 Å². The highest BCUT2D eigenvalue weighted by atomic mass is 35.5. The first-order chi connectivity index (χ1) is 12.7. The van der Waals surface area contributed by atoms with Crippen LogP contribution in [0.4, 0.5) is 0 Å². The third-order valence-corrected chi connectivity index (χ3v) is 4.84. The summed E-state index contributed by atoms with van der Waals surface area (Å²) in [5.74, 6) is 1.14. The second kappa shape index (κ2) is 7.25. The molecule has 3 heterocycles. The minimum Gasteiger partial charge on any atom is -0.443 e. The van der Waals surface area contributed by atoms with Crippen molar-refractivity contribution in [3.8, 4) is 0 Å². The van der Waals surface area contributed by atoms with E-state index in [1.807, 2.05) is 24.3 Å². The Kier molecular flexibility index (Phi) is 4.67. The maximum Gasteiger partial charge on any atom is 0.274 e. The molecular weight excluding hydrogens is 352 g/mol. The largest absolute Gasteiger partial charge is 0.443 e. The van der Waals surface area contributed by atoms with Crippen molar-refractivity contribution >= 4 is 17.5 Å². The fourth-order valence-electron chi connectivity index (χ4n) is 3.21. The molecule has 1 aliphatic rings. The van der Waals surface area contributed by atoms with Crippen molar-refractivity contribution in [3.63, 3.8) is 0 Å². The third kappa shape index (κ3) is 3.32. The van der Waals surface area contributed by atoms with Crippen molar-refractivity contribution in [1.29, 1.82) is 0 Å². The van der Waals surface area contributed by atoms with Crippen LogP contribution in [0.2, 0.25) is 5.02 Å². The monoisotopic (exact) mass is 368 g/mol. The molecule has 26 heavy (non-hydrogen) atoms. The van der Waals surface area contributed by atoms with E-state index < -0.39 is 0 Å². The summed E-state index contributed by atoms with van der Waals surface area (Å²) in [7, 11) is 0. The number of oxazole rings is 1. The number of hydrogen-bond acceptors (Lipinski definition) is 5. The molecule has 3 aromatic rings. The molecule has 0 aliphatic carbocycles. The van der Waals surface area contributed by atoms with Crippen LogP contribution in [0.5, 0.6) is 0 Å². The number of hydrogen-bond donors (Lipinski definition) is 0. The van der Waals surface area contributed by atoms with Crippen LogP contribution >= 0.6 is 11.6 Å². The minimum absolute atomic E-state index is 0.147. The van der Waals surface area contributed by atoms with Crippen LogP contribution in [-0.4, -0.2) is 32.3 Å². The van der Waals surface area contributed by atoms with E-state index in [-0.39, 0.29) is 11.9 Å². The molecule has 6 nitrogen and oxygen atoms in total. The van der Waals surface area contributed by atoms with Crippen molar-refractivity contribution in [2.75, 3.05) is 6.54 Å². The molecule has 1 atom stereocenters. The SMILES string of the molecule is O=C(c1cnccn1)N1CCCC1c1ncc(Cc2ccccc2Cl)o1. The number of likely N-dealkylation sites (tertiary alicyclic amines) is 1. The minimum atomic E-state index is -0.176. The zero-order valence-electron chi connectivity index (χ0n) is 14.0. The van der Waals surface area contributed by atoms with E-state index in [0.29, 0.717) is 29.6 Å². The summed E-state index contributed by atoms with van der Waals surface area (Å²) in [5.41, 5.74) is 1.32. The lowest BCUT2D eigenvalue weighted by atomic mass is 10.1. The number of rotatable bonds is 4. The molecule has 2 aromatic heterocycles. The van der Waals surface area contributed by atoms with E-state index in [0.717, 1.165) is 24.2 Å². The second-order valence-electron chi connectivity index (χ2n) is 6.18. The molecule has 4 rings (SSSR count). The van der Waals surface area contributed by atoms with Crippen molar-refractivity contribution in [2.45, 2.75) is 25.3 Å². The highest BCUT2D eigenvalue weighted by Gasteiger charge is 2.34. The van der Waals surface area contributed by atoms with Gasteiger partial charge in [-0.25, -0.2) is 9.97 Å². The van der Waals surface area contributed by atoms with Crippen molar-refractivity contribution in [3.05, 3.63) is 77.0 Å². The molecule has 1 unspecified atom stereocenters. The first-order valence-electron chi connectivity index (χ1n) is 8.47. The average molecular weight is 369 g/mol. The van der Waals surface area contributed by atoms with Gasteiger partial charge in [0.2, 0.25) is 5.89 Å². The van der Waals surface area contributed by atoms with Crippen LogP contribution in [0, 0.1) is 0 Å². The molecule has 1 fully saturated rings. The molecule has 1 aromatic carbocycles. The summed E-state index contributed by atoms with van der Waals surface area (Å²) < 4.78 is 5.94. The first kappa shape index (κ1) is 16.7. The summed E-state index contributed by atoms with van der Waals surface area (Å²) >= 11 is 6.21. The molecule has 7 heteroatoms. The Bertz CT molecular complexity index is 913. The quantitative estimate of drug-likeness (QED) is 0.702. The van der Waals surface area contributed by atoms with Gasteiger partial charge in [-0.3, -0.25) is 9.78 Å². The third-order valence-electron chi connectivity index (χ3n) is 4.47. The Morgan fingerprint density at radius 2 is 2.12 bits per heavy atom. The molecule has 0 radical (unpaired) electrons. The lowest BCUT2D eigenvalue weighted by Crippen LogP contribution is -2.31. The highest BCUT2D eigenvalue weighted by molar-refractivity contribution is 6.31. The van der Waals surface area contributed by atoms with Gasteiger partial charge in [-0.15, -0.1) is 0 Å². The fraction of sp³-hybridized carbons (Fsp3) is 0.263. The van der Waals surface area contributed by atoms with Crippen LogP contribution in [0.15, 0.2) is 53.5 Å². The van der Waals surface area contributed by atoms with Gasteiger partial charge in [-0.1, -0.05) is 29.8 Å². The number of amides is 1. The first-order valence-corrected chi connectivity index (χ1v) is 8.85. The van der Waals surface area contributed by atoms with E-state index in [2.05, 4.69) is 15.0 Å². The molecule has 1 saturated heterocycles. The Hall–Kier alpha value is -2.73. The van der Waals surface area contributed by atoms with Crippen LogP contribution in [0.3, 0.4) is 0 Å². The smallest absolute Gasteiger partial charge is 0.274 e. The van der Waals surface area contributed by atoms with Gasteiger partial charge in [0.25, 0.3) is 5.91 Å². The van der Waals surface area contributed by atoms with Crippen LogP contribution in [0.25, 0.3) is 0 Å². The number of aromatic nitrogens is 3. The normalized spacial score (nSPS) is 16.8. The molecule has 0 bridgehead atoms. The molecular formula is C19H17ClN4O2. The predicted molar refractivity (Wildman–Crippen MR) is 95.8 cm³/mol. The van der Waals surface area contributed by atoms with E-state index in [1.165, 1.54) is 12.4 Å². The average Bonchev–Trinajstić information content (AvgIpc) is 3.33. The highest BCUT2D eigenvalue weighted by Crippen LogP contribution is 2.33. The summed E-state index contributed by atoms with van der Waals surface area (Å²) in [5, 5.41) is 0.700. The topological polar surface area (TPSA) is 72.1 Å². The van der Waals surface area contributed by atoms with Crippen molar-refractivity contribution in [2.24, 2.45) is 0 Å². The Morgan fingerprint density at radius 1 is 1.23 bits per heavy atom. The lowest BCUT2D eigenvalue weighted by molar-refractivity contribution is 0.0708. The lowest BCUT2D eigenvalue weighted by Gasteiger charge is -2.21. The van der Waals surface area contributed by atoms with Gasteiger partial charge in [-0.05, 0) is 24.5 Å². The summed E-state index contributed by atoms with van der Waals surface area (Å²) in [6, 6.07) is 7.48. The van der Waals surface area contributed by atoms with E-state index >= 15 is 0 Å². The van der Waals surface area contributed by atoms with E-state index in [9.17, 15) is 4.79 Å². The van der Waals surface area contributed by atoms with Gasteiger partial charge in [0.1, 0.15) is 17.5 Å². The summed E-state index contributed by atoms with van der Waals surface area (Å²) in [6.07, 6.45) is 8.55.